The van der Waals surface area contributed by atoms with Gasteiger partial charge in [-0.15, -0.1) is 12.4 Å². The van der Waals surface area contributed by atoms with E-state index in [4.69, 9.17) is 5.73 Å². The van der Waals surface area contributed by atoms with Crippen molar-refractivity contribution in [1.29, 1.82) is 0 Å². The van der Waals surface area contributed by atoms with Crippen LogP contribution in [-0.2, 0) is 10.0 Å². The van der Waals surface area contributed by atoms with Gasteiger partial charge in [0.05, 0.1) is 28.7 Å². The van der Waals surface area contributed by atoms with Crippen LogP contribution in [0.1, 0.15) is 24.3 Å². The summed E-state index contributed by atoms with van der Waals surface area (Å²) in [5, 5.41) is 2.67. The molecule has 0 saturated heterocycles. The lowest BCUT2D eigenvalue weighted by molar-refractivity contribution is 0.102. The van der Waals surface area contributed by atoms with Crippen molar-refractivity contribution in [2.75, 3.05) is 37.2 Å². The zero-order chi connectivity index (χ0) is 23.8. The van der Waals surface area contributed by atoms with Crippen molar-refractivity contribution < 1.29 is 13.2 Å². The normalized spacial score (nSPS) is 11.1. The van der Waals surface area contributed by atoms with Crippen molar-refractivity contribution in [3.63, 3.8) is 0 Å². The third-order valence-electron chi connectivity index (χ3n) is 5.01. The standard InChI is InChI=1S/C22H27N7O3S.ClH/c1-3-29(4-2)13-12-26-33(31,32)18-9-7-16(8-10-18)19-15-25-21(23)20(28-19)22(30)27-17-6-5-11-24-14-17;/h5-11,14-15,26H,3-4,12-13H2,1-2H3,(H2,23,25)(H,27,30);1H. The van der Waals surface area contributed by atoms with Crippen LogP contribution in [0.2, 0.25) is 0 Å². The summed E-state index contributed by atoms with van der Waals surface area (Å²) >= 11 is 0. The van der Waals surface area contributed by atoms with Gasteiger partial charge in [0.25, 0.3) is 5.91 Å². The molecule has 0 fully saturated rings. The molecular weight excluding hydrogens is 478 g/mol. The summed E-state index contributed by atoms with van der Waals surface area (Å²) in [5.74, 6) is -0.539. The monoisotopic (exact) mass is 505 g/mol. The molecule has 0 radical (unpaired) electrons. The Morgan fingerprint density at radius 3 is 2.41 bits per heavy atom. The van der Waals surface area contributed by atoms with Crippen LogP contribution < -0.4 is 15.8 Å². The van der Waals surface area contributed by atoms with Crippen LogP contribution in [0.4, 0.5) is 11.5 Å². The number of pyridine rings is 1. The van der Waals surface area contributed by atoms with Crippen LogP contribution in [0.5, 0.6) is 0 Å². The van der Waals surface area contributed by atoms with E-state index < -0.39 is 15.9 Å². The van der Waals surface area contributed by atoms with Gasteiger partial charge in [-0.25, -0.2) is 23.1 Å². The number of nitrogens with two attached hydrogens (primary N) is 1. The van der Waals surface area contributed by atoms with E-state index in [0.717, 1.165) is 13.1 Å². The molecule has 0 aliphatic rings. The van der Waals surface area contributed by atoms with Gasteiger partial charge < -0.3 is 16.0 Å². The van der Waals surface area contributed by atoms with Crippen molar-refractivity contribution >= 4 is 39.8 Å². The van der Waals surface area contributed by atoms with Crippen LogP contribution in [0.15, 0.2) is 59.9 Å². The van der Waals surface area contributed by atoms with Gasteiger partial charge in [0.1, 0.15) is 0 Å². The molecule has 0 bridgehead atoms. The molecule has 0 saturated carbocycles. The second-order valence-corrected chi connectivity index (χ2v) is 8.90. The molecular formula is C22H28ClN7O3S. The van der Waals surface area contributed by atoms with E-state index in [2.05, 4.69) is 29.9 Å². The zero-order valence-electron chi connectivity index (χ0n) is 18.9. The minimum atomic E-state index is -3.64. The number of anilines is 2. The number of benzene rings is 1. The Balaban J connectivity index is 0.00000408. The molecule has 1 aromatic carbocycles. The summed E-state index contributed by atoms with van der Waals surface area (Å²) in [7, 11) is -3.64. The van der Waals surface area contributed by atoms with E-state index in [9.17, 15) is 13.2 Å². The van der Waals surface area contributed by atoms with Crippen molar-refractivity contribution in [1.82, 2.24) is 24.6 Å². The first-order valence-corrected chi connectivity index (χ1v) is 12.0. The molecule has 182 valence electrons. The summed E-state index contributed by atoms with van der Waals surface area (Å²) < 4.78 is 27.8. The number of likely N-dealkylation sites (N-methyl/N-ethyl adjacent to an activating group) is 1. The molecule has 3 aromatic rings. The highest BCUT2D eigenvalue weighted by atomic mass is 35.5. The minimum absolute atomic E-state index is 0. The number of carbonyl (C=O) groups excluding carboxylic acids is 1. The molecule has 0 spiro atoms. The van der Waals surface area contributed by atoms with E-state index in [-0.39, 0.29) is 28.8 Å². The Morgan fingerprint density at radius 2 is 1.79 bits per heavy atom. The average molecular weight is 506 g/mol. The third kappa shape index (κ3) is 6.94. The first kappa shape index (κ1) is 27.1. The Labute approximate surface area is 205 Å². The molecule has 3 rings (SSSR count). The van der Waals surface area contributed by atoms with E-state index in [0.29, 0.717) is 30.0 Å². The minimum Gasteiger partial charge on any atom is -0.382 e. The van der Waals surface area contributed by atoms with Gasteiger partial charge in [-0.3, -0.25) is 9.78 Å². The highest BCUT2D eigenvalue weighted by Gasteiger charge is 2.17. The van der Waals surface area contributed by atoms with E-state index in [1.807, 2.05) is 13.8 Å². The maximum atomic E-state index is 12.6. The first-order valence-electron chi connectivity index (χ1n) is 10.5. The topological polar surface area (TPSA) is 143 Å². The fourth-order valence-electron chi connectivity index (χ4n) is 3.10. The summed E-state index contributed by atoms with van der Waals surface area (Å²) in [5.41, 5.74) is 7.30. The fraction of sp³-hybridized carbons (Fsp3) is 0.273. The number of carbonyl (C=O) groups is 1. The largest absolute Gasteiger partial charge is 0.382 e. The molecule has 12 heteroatoms. The SMILES string of the molecule is CCN(CC)CCNS(=O)(=O)c1ccc(-c2cnc(N)c(C(=O)Nc3cccnc3)n2)cc1.Cl. The Hall–Kier alpha value is -3.12. The third-order valence-corrected chi connectivity index (χ3v) is 6.49. The number of nitrogens with zero attached hydrogens (tertiary/aromatic N) is 4. The molecule has 0 atom stereocenters. The molecule has 2 heterocycles. The molecule has 0 unspecified atom stereocenters. The summed E-state index contributed by atoms with van der Waals surface area (Å²) in [6.45, 7) is 6.74. The van der Waals surface area contributed by atoms with Gasteiger partial charge in [-0.05, 0) is 37.4 Å². The number of aromatic nitrogens is 3. The zero-order valence-corrected chi connectivity index (χ0v) is 20.6. The average Bonchev–Trinajstić information content (AvgIpc) is 2.83. The van der Waals surface area contributed by atoms with E-state index in [1.165, 1.54) is 24.5 Å². The molecule has 34 heavy (non-hydrogen) atoms. The number of sulfonamides is 1. The molecule has 0 aliphatic heterocycles. The van der Waals surface area contributed by atoms with Crippen molar-refractivity contribution in [3.05, 3.63) is 60.7 Å². The number of nitrogens with one attached hydrogen (secondary N) is 2. The van der Waals surface area contributed by atoms with Crippen LogP contribution in [-0.4, -0.2) is 60.4 Å². The Kier molecular flexibility index (Phi) is 9.87. The van der Waals surface area contributed by atoms with Crippen LogP contribution >= 0.6 is 12.4 Å². The second-order valence-electron chi connectivity index (χ2n) is 7.13. The van der Waals surface area contributed by atoms with E-state index in [1.54, 1.807) is 30.5 Å². The van der Waals surface area contributed by atoms with Gasteiger partial charge in [-0.2, -0.15) is 0 Å². The predicted octanol–water partition coefficient (Wildman–Crippen LogP) is 2.41. The Morgan fingerprint density at radius 1 is 1.09 bits per heavy atom. The number of hydrogen-bond acceptors (Lipinski definition) is 8. The van der Waals surface area contributed by atoms with Gasteiger partial charge in [0, 0.05) is 24.8 Å². The number of rotatable bonds is 10. The van der Waals surface area contributed by atoms with Gasteiger partial charge in [0.15, 0.2) is 11.5 Å². The summed E-state index contributed by atoms with van der Waals surface area (Å²) in [6, 6.07) is 9.58. The number of nitrogen functional groups attached to an aromatic ring is 1. The second kappa shape index (κ2) is 12.4. The lowest BCUT2D eigenvalue weighted by atomic mass is 10.1. The van der Waals surface area contributed by atoms with Gasteiger partial charge >= 0.3 is 0 Å². The maximum absolute atomic E-state index is 12.6. The Bertz CT molecular complexity index is 1190. The van der Waals surface area contributed by atoms with Crippen molar-refractivity contribution in [3.8, 4) is 11.3 Å². The van der Waals surface area contributed by atoms with Crippen molar-refractivity contribution in [2.45, 2.75) is 18.7 Å². The number of halogens is 1. The summed E-state index contributed by atoms with van der Waals surface area (Å²) in [4.78, 5) is 27.2. The van der Waals surface area contributed by atoms with E-state index >= 15 is 0 Å². The number of amides is 1. The molecule has 10 nitrogen and oxygen atoms in total. The molecule has 4 N–H and O–H groups in total. The van der Waals surface area contributed by atoms with Crippen LogP contribution in [0.3, 0.4) is 0 Å². The predicted molar refractivity (Wildman–Crippen MR) is 134 cm³/mol. The quantitative estimate of drug-likeness (QED) is 0.381. The summed E-state index contributed by atoms with van der Waals surface area (Å²) in [6.07, 6.45) is 4.53. The lowest BCUT2D eigenvalue weighted by Gasteiger charge is -2.18. The first-order chi connectivity index (χ1) is 15.8. The molecule has 1 amide bonds. The molecule has 2 aromatic heterocycles. The van der Waals surface area contributed by atoms with Gasteiger partial charge in [0.2, 0.25) is 10.0 Å². The number of hydrogen-bond donors (Lipinski definition) is 3. The fourth-order valence-corrected chi connectivity index (χ4v) is 4.12. The highest BCUT2D eigenvalue weighted by Crippen LogP contribution is 2.21. The molecule has 0 aliphatic carbocycles. The maximum Gasteiger partial charge on any atom is 0.278 e. The lowest BCUT2D eigenvalue weighted by Crippen LogP contribution is -2.34. The van der Waals surface area contributed by atoms with Crippen LogP contribution in [0.25, 0.3) is 11.3 Å². The van der Waals surface area contributed by atoms with Gasteiger partial charge in [-0.1, -0.05) is 26.0 Å². The smallest absolute Gasteiger partial charge is 0.278 e. The highest BCUT2D eigenvalue weighted by molar-refractivity contribution is 7.89. The van der Waals surface area contributed by atoms with Crippen molar-refractivity contribution in [2.24, 2.45) is 0 Å². The van der Waals surface area contributed by atoms with Crippen LogP contribution in [0, 0.1) is 0 Å².